The molecule has 3 rings (SSSR count). The number of pyridine rings is 1. The minimum atomic E-state index is -1.82. The van der Waals surface area contributed by atoms with Gasteiger partial charge in [-0.25, -0.2) is 4.79 Å². The molecule has 0 unspecified atom stereocenters. The second kappa shape index (κ2) is 6.91. The van der Waals surface area contributed by atoms with Crippen LogP contribution in [-0.4, -0.2) is 62.1 Å². The van der Waals surface area contributed by atoms with Crippen LogP contribution >= 0.6 is 23.2 Å². The zero-order valence-electron chi connectivity index (χ0n) is 12.4. The predicted molar refractivity (Wildman–Crippen MR) is 86.7 cm³/mol. The van der Waals surface area contributed by atoms with Gasteiger partial charge in [0.05, 0.1) is 10.0 Å². The lowest BCUT2D eigenvalue weighted by atomic mass is 9.99. The Bertz CT molecular complexity index is 818. The summed E-state index contributed by atoms with van der Waals surface area (Å²) < 4.78 is 10.6. The molecular weight excluding hydrogens is 377 g/mol. The molecule has 0 aliphatic carbocycles. The van der Waals surface area contributed by atoms with Gasteiger partial charge >= 0.3 is 5.97 Å². The van der Waals surface area contributed by atoms with E-state index in [2.05, 4.69) is 4.98 Å². The van der Waals surface area contributed by atoms with Crippen molar-refractivity contribution in [2.75, 3.05) is 0 Å². The number of aliphatic carboxylic acids is 1. The first kappa shape index (κ1) is 18.1. The van der Waals surface area contributed by atoms with Crippen LogP contribution in [-0.2, 0) is 9.53 Å². The highest BCUT2D eigenvalue weighted by atomic mass is 35.5. The number of carboxylic acids is 1. The SMILES string of the molecule is O=C(O)[C@H]1O[C@@H](Oc2c(Cl)cc(Cl)c3cccnc23)[C@H](O)[C@@H](O)[C@@H]1O. The lowest BCUT2D eigenvalue weighted by molar-refractivity contribution is -0.270. The summed E-state index contributed by atoms with van der Waals surface area (Å²) in [6.45, 7) is 0. The van der Waals surface area contributed by atoms with Crippen LogP contribution in [0.3, 0.4) is 0 Å². The van der Waals surface area contributed by atoms with E-state index in [0.717, 1.165) is 0 Å². The molecule has 2 heterocycles. The molecule has 0 radical (unpaired) electrons. The van der Waals surface area contributed by atoms with Crippen molar-refractivity contribution in [3.05, 3.63) is 34.4 Å². The summed E-state index contributed by atoms with van der Waals surface area (Å²) in [5.74, 6) is -1.52. The van der Waals surface area contributed by atoms with Crippen molar-refractivity contribution in [1.29, 1.82) is 0 Å². The first-order chi connectivity index (χ1) is 11.8. The highest BCUT2D eigenvalue weighted by Gasteiger charge is 2.48. The molecule has 0 spiro atoms. The van der Waals surface area contributed by atoms with E-state index in [9.17, 15) is 20.1 Å². The smallest absolute Gasteiger partial charge is 0.335 e. The van der Waals surface area contributed by atoms with Gasteiger partial charge in [-0.15, -0.1) is 0 Å². The average Bonchev–Trinajstić information content (AvgIpc) is 2.58. The number of aliphatic hydroxyl groups excluding tert-OH is 3. The lowest BCUT2D eigenvalue weighted by Gasteiger charge is -2.38. The van der Waals surface area contributed by atoms with Crippen molar-refractivity contribution < 1.29 is 34.7 Å². The number of aromatic nitrogens is 1. The van der Waals surface area contributed by atoms with Gasteiger partial charge in [-0.3, -0.25) is 4.98 Å². The van der Waals surface area contributed by atoms with Gasteiger partial charge in [-0.1, -0.05) is 23.2 Å². The Morgan fingerprint density at radius 3 is 2.56 bits per heavy atom. The van der Waals surface area contributed by atoms with E-state index >= 15 is 0 Å². The summed E-state index contributed by atoms with van der Waals surface area (Å²) in [7, 11) is 0. The van der Waals surface area contributed by atoms with E-state index < -0.39 is 36.7 Å². The van der Waals surface area contributed by atoms with Crippen LogP contribution in [0, 0.1) is 0 Å². The second-order valence-corrected chi connectivity index (χ2v) is 6.24. The van der Waals surface area contributed by atoms with Gasteiger partial charge in [0, 0.05) is 11.6 Å². The van der Waals surface area contributed by atoms with Gasteiger partial charge in [0.25, 0.3) is 0 Å². The van der Waals surface area contributed by atoms with Crippen molar-refractivity contribution >= 4 is 40.1 Å². The number of aliphatic hydroxyl groups is 3. The number of halogens is 2. The molecule has 1 aliphatic rings. The molecule has 10 heteroatoms. The lowest BCUT2D eigenvalue weighted by Crippen LogP contribution is -2.61. The largest absolute Gasteiger partial charge is 0.479 e. The fourth-order valence-electron chi connectivity index (χ4n) is 2.52. The van der Waals surface area contributed by atoms with E-state index in [0.29, 0.717) is 10.4 Å². The summed E-state index contributed by atoms with van der Waals surface area (Å²) in [6.07, 6.45) is -7.22. The average molecular weight is 390 g/mol. The molecule has 8 nitrogen and oxygen atoms in total. The molecular formula is C15H13Cl2NO7. The number of carboxylic acid groups (broad SMARTS) is 1. The monoisotopic (exact) mass is 389 g/mol. The van der Waals surface area contributed by atoms with Crippen molar-refractivity contribution in [2.45, 2.75) is 30.7 Å². The van der Waals surface area contributed by atoms with Crippen LogP contribution in [0.2, 0.25) is 10.0 Å². The van der Waals surface area contributed by atoms with E-state index in [4.69, 9.17) is 37.8 Å². The third kappa shape index (κ3) is 3.24. The molecule has 0 bridgehead atoms. The molecule has 2 aromatic rings. The van der Waals surface area contributed by atoms with Crippen molar-refractivity contribution in [2.24, 2.45) is 0 Å². The maximum absolute atomic E-state index is 11.1. The first-order valence-electron chi connectivity index (χ1n) is 7.13. The number of hydrogen-bond donors (Lipinski definition) is 4. The third-order valence-corrected chi connectivity index (χ3v) is 4.39. The van der Waals surface area contributed by atoms with Crippen LogP contribution in [0.4, 0.5) is 0 Å². The van der Waals surface area contributed by atoms with Crippen LogP contribution < -0.4 is 4.74 Å². The molecule has 5 atom stereocenters. The van der Waals surface area contributed by atoms with Crippen LogP contribution in [0.1, 0.15) is 0 Å². The van der Waals surface area contributed by atoms with Crippen molar-refractivity contribution in [3.8, 4) is 5.75 Å². The fourth-order valence-corrected chi connectivity index (χ4v) is 3.08. The van der Waals surface area contributed by atoms with Gasteiger partial charge in [-0.05, 0) is 18.2 Å². The molecule has 134 valence electrons. The molecule has 4 N–H and O–H groups in total. The number of benzene rings is 1. The van der Waals surface area contributed by atoms with E-state index in [1.165, 1.54) is 12.3 Å². The summed E-state index contributed by atoms with van der Waals surface area (Å²) in [4.78, 5) is 15.3. The van der Waals surface area contributed by atoms with Crippen LogP contribution in [0.25, 0.3) is 10.9 Å². The van der Waals surface area contributed by atoms with Gasteiger partial charge in [0.1, 0.15) is 23.8 Å². The molecule has 0 saturated carbocycles. The molecule has 1 aromatic heterocycles. The third-order valence-electron chi connectivity index (χ3n) is 3.80. The molecule has 1 aromatic carbocycles. The van der Waals surface area contributed by atoms with Crippen molar-refractivity contribution in [1.82, 2.24) is 4.98 Å². The van der Waals surface area contributed by atoms with E-state index in [1.54, 1.807) is 12.1 Å². The second-order valence-electron chi connectivity index (χ2n) is 5.42. The summed E-state index contributed by atoms with van der Waals surface area (Å²) in [5, 5.41) is 39.6. The van der Waals surface area contributed by atoms with Gasteiger partial charge in [0.2, 0.25) is 6.29 Å². The zero-order chi connectivity index (χ0) is 18.3. The van der Waals surface area contributed by atoms with E-state index in [-0.39, 0.29) is 16.3 Å². The maximum Gasteiger partial charge on any atom is 0.335 e. The van der Waals surface area contributed by atoms with Crippen LogP contribution in [0.15, 0.2) is 24.4 Å². The Balaban J connectivity index is 1.99. The Kier molecular flexibility index (Phi) is 5.01. The summed E-state index contributed by atoms with van der Waals surface area (Å²) >= 11 is 12.2. The van der Waals surface area contributed by atoms with Gasteiger partial charge < -0.3 is 29.9 Å². The Morgan fingerprint density at radius 2 is 1.88 bits per heavy atom. The normalized spacial score (nSPS) is 29.6. The van der Waals surface area contributed by atoms with Gasteiger partial charge in [0.15, 0.2) is 11.9 Å². The van der Waals surface area contributed by atoms with Gasteiger partial charge in [-0.2, -0.15) is 0 Å². The maximum atomic E-state index is 11.1. The number of rotatable bonds is 3. The number of hydrogen-bond acceptors (Lipinski definition) is 7. The number of fused-ring (bicyclic) bond motifs is 1. The number of carbonyl (C=O) groups is 1. The number of ether oxygens (including phenoxy) is 2. The summed E-state index contributed by atoms with van der Waals surface area (Å²) in [6, 6.07) is 4.72. The van der Waals surface area contributed by atoms with Crippen molar-refractivity contribution in [3.63, 3.8) is 0 Å². The molecule has 25 heavy (non-hydrogen) atoms. The zero-order valence-corrected chi connectivity index (χ0v) is 13.9. The predicted octanol–water partition coefficient (Wildman–Crippen LogP) is 0.813. The standard InChI is InChI=1S/C15H13Cl2NO7/c16-6-4-7(17)12(8-5(6)2-1-3-18-8)24-15-11(21)9(19)10(20)13(25-15)14(22)23/h1-4,9-11,13,15,19-21H,(H,22,23)/t9-,10-,11+,13-,15+/m0/s1. The van der Waals surface area contributed by atoms with E-state index in [1.807, 2.05) is 0 Å². The molecule has 0 amide bonds. The Morgan fingerprint density at radius 1 is 1.16 bits per heavy atom. The Labute approximate surface area is 151 Å². The fraction of sp³-hybridized carbons (Fsp3) is 0.333. The first-order valence-corrected chi connectivity index (χ1v) is 7.88. The molecule has 1 fully saturated rings. The Hall–Kier alpha value is -1.68. The highest BCUT2D eigenvalue weighted by molar-refractivity contribution is 6.39. The molecule has 1 saturated heterocycles. The number of nitrogens with zero attached hydrogens (tertiary/aromatic N) is 1. The summed E-state index contributed by atoms with van der Waals surface area (Å²) in [5.41, 5.74) is 0.267. The molecule has 1 aliphatic heterocycles. The minimum absolute atomic E-state index is 0.00144. The topological polar surface area (TPSA) is 129 Å². The van der Waals surface area contributed by atoms with Crippen LogP contribution in [0.5, 0.6) is 5.75 Å². The minimum Gasteiger partial charge on any atom is -0.479 e. The quantitative estimate of drug-likeness (QED) is 0.606. The highest BCUT2D eigenvalue weighted by Crippen LogP contribution is 2.38.